The lowest BCUT2D eigenvalue weighted by Crippen LogP contribution is -2.28. The van der Waals surface area contributed by atoms with E-state index in [-0.39, 0.29) is 11.7 Å². The molecule has 1 unspecified atom stereocenters. The quantitative estimate of drug-likeness (QED) is 0.578. The van der Waals surface area contributed by atoms with E-state index in [9.17, 15) is 10.1 Å². The number of nitrogens with two attached hydrogens (primary N) is 1. The van der Waals surface area contributed by atoms with E-state index in [0.717, 1.165) is 10.6 Å². The number of rotatable bonds is 1. The Morgan fingerprint density at radius 3 is 3.13 bits per heavy atom. The van der Waals surface area contributed by atoms with Gasteiger partial charge in [-0.25, -0.2) is 0 Å². The van der Waals surface area contributed by atoms with Crippen LogP contribution in [0.25, 0.3) is 0 Å². The van der Waals surface area contributed by atoms with Crippen molar-refractivity contribution in [1.82, 2.24) is 0 Å². The van der Waals surface area contributed by atoms with Gasteiger partial charge in [-0.3, -0.25) is 10.1 Å². The fraction of sp³-hybridized carbons (Fsp3) is 0.333. The SMILES string of the molecule is NC1COc2cc([N+](=O)[O-])ccc2SC1. The Hall–Kier alpha value is -1.27. The van der Waals surface area contributed by atoms with E-state index in [1.165, 1.54) is 12.1 Å². The van der Waals surface area contributed by atoms with E-state index in [0.29, 0.717) is 12.4 Å². The van der Waals surface area contributed by atoms with Gasteiger partial charge in [-0.1, -0.05) is 0 Å². The lowest BCUT2D eigenvalue weighted by atomic mass is 10.3. The van der Waals surface area contributed by atoms with Crippen LogP contribution in [0.15, 0.2) is 23.1 Å². The Morgan fingerprint density at radius 1 is 1.60 bits per heavy atom. The smallest absolute Gasteiger partial charge is 0.273 e. The van der Waals surface area contributed by atoms with Crippen LogP contribution in [-0.4, -0.2) is 23.3 Å². The summed E-state index contributed by atoms with van der Waals surface area (Å²) in [6.07, 6.45) is 0. The first-order valence-corrected chi connectivity index (χ1v) is 5.45. The summed E-state index contributed by atoms with van der Waals surface area (Å²) in [5.41, 5.74) is 5.78. The van der Waals surface area contributed by atoms with Crippen molar-refractivity contribution >= 4 is 17.4 Å². The second-order valence-electron chi connectivity index (χ2n) is 3.27. The van der Waals surface area contributed by atoms with E-state index in [1.807, 2.05) is 0 Å². The second-order valence-corrected chi connectivity index (χ2v) is 4.33. The highest BCUT2D eigenvalue weighted by Gasteiger charge is 2.17. The van der Waals surface area contributed by atoms with Gasteiger partial charge in [0.1, 0.15) is 12.4 Å². The Kier molecular flexibility index (Phi) is 2.79. The first-order valence-electron chi connectivity index (χ1n) is 4.46. The first kappa shape index (κ1) is 10.3. The molecule has 2 N–H and O–H groups in total. The number of nitrogens with zero attached hydrogens (tertiary/aromatic N) is 1. The Morgan fingerprint density at radius 2 is 2.40 bits per heavy atom. The molecular formula is C9H10N2O3S. The minimum Gasteiger partial charge on any atom is -0.491 e. The number of thioether (sulfide) groups is 1. The monoisotopic (exact) mass is 226 g/mol. The molecule has 15 heavy (non-hydrogen) atoms. The van der Waals surface area contributed by atoms with Crippen molar-refractivity contribution in [3.63, 3.8) is 0 Å². The number of hydrogen-bond donors (Lipinski definition) is 1. The molecule has 0 aromatic heterocycles. The highest BCUT2D eigenvalue weighted by atomic mass is 32.2. The molecule has 0 bridgehead atoms. The maximum Gasteiger partial charge on any atom is 0.273 e. The first-order chi connectivity index (χ1) is 7.16. The molecule has 0 saturated carbocycles. The van der Waals surface area contributed by atoms with Crippen molar-refractivity contribution in [3.8, 4) is 5.75 Å². The largest absolute Gasteiger partial charge is 0.491 e. The number of benzene rings is 1. The maximum absolute atomic E-state index is 10.6. The summed E-state index contributed by atoms with van der Waals surface area (Å²) in [5, 5.41) is 10.6. The van der Waals surface area contributed by atoms with Crippen LogP contribution in [-0.2, 0) is 0 Å². The average molecular weight is 226 g/mol. The second kappa shape index (κ2) is 4.08. The Balaban J connectivity index is 2.32. The van der Waals surface area contributed by atoms with Crippen LogP contribution in [0.1, 0.15) is 0 Å². The molecule has 1 aromatic rings. The van der Waals surface area contributed by atoms with Crippen LogP contribution in [0.2, 0.25) is 0 Å². The number of fused-ring (bicyclic) bond motifs is 1. The number of nitro benzene ring substituents is 1. The summed E-state index contributed by atoms with van der Waals surface area (Å²) in [4.78, 5) is 11.0. The third-order valence-electron chi connectivity index (χ3n) is 2.04. The van der Waals surface area contributed by atoms with Gasteiger partial charge in [-0.2, -0.15) is 0 Å². The number of non-ortho nitro benzene ring substituents is 1. The topological polar surface area (TPSA) is 78.4 Å². The highest BCUT2D eigenvalue weighted by molar-refractivity contribution is 7.99. The zero-order chi connectivity index (χ0) is 10.8. The van der Waals surface area contributed by atoms with Crippen LogP contribution in [0.3, 0.4) is 0 Å². The van der Waals surface area contributed by atoms with Crippen molar-refractivity contribution in [2.24, 2.45) is 5.73 Å². The normalized spacial score (nSPS) is 19.9. The van der Waals surface area contributed by atoms with E-state index < -0.39 is 4.92 Å². The molecule has 1 aromatic carbocycles. The molecular weight excluding hydrogens is 216 g/mol. The van der Waals surface area contributed by atoms with Gasteiger partial charge in [0.2, 0.25) is 0 Å². The molecule has 6 heteroatoms. The summed E-state index contributed by atoms with van der Waals surface area (Å²) in [6.45, 7) is 0.404. The van der Waals surface area contributed by atoms with Crippen LogP contribution in [0, 0.1) is 10.1 Å². The van der Waals surface area contributed by atoms with E-state index in [1.54, 1.807) is 17.8 Å². The molecule has 0 spiro atoms. The predicted molar refractivity (Wildman–Crippen MR) is 57.3 cm³/mol. The number of ether oxygens (including phenoxy) is 1. The average Bonchev–Trinajstić information content (AvgIpc) is 2.40. The van der Waals surface area contributed by atoms with E-state index in [4.69, 9.17) is 10.5 Å². The molecule has 1 atom stereocenters. The van der Waals surface area contributed by atoms with Crippen LogP contribution >= 0.6 is 11.8 Å². The van der Waals surface area contributed by atoms with E-state index in [2.05, 4.69) is 0 Å². The summed E-state index contributed by atoms with van der Waals surface area (Å²) in [5.74, 6) is 1.33. The van der Waals surface area contributed by atoms with Crippen LogP contribution in [0.4, 0.5) is 5.69 Å². The van der Waals surface area contributed by atoms with Gasteiger partial charge in [0.25, 0.3) is 5.69 Å². The fourth-order valence-corrected chi connectivity index (χ4v) is 2.20. The molecule has 80 valence electrons. The molecule has 1 aliphatic rings. The van der Waals surface area contributed by atoms with Crippen LogP contribution in [0.5, 0.6) is 5.75 Å². The number of nitro groups is 1. The molecule has 0 aliphatic carbocycles. The van der Waals surface area contributed by atoms with Gasteiger partial charge in [-0.05, 0) is 6.07 Å². The highest BCUT2D eigenvalue weighted by Crippen LogP contribution is 2.34. The predicted octanol–water partition coefficient (Wildman–Crippen LogP) is 1.41. The molecule has 2 rings (SSSR count). The van der Waals surface area contributed by atoms with E-state index >= 15 is 0 Å². The Bertz CT molecular complexity index is 397. The van der Waals surface area contributed by atoms with Crippen molar-refractivity contribution in [1.29, 1.82) is 0 Å². The lowest BCUT2D eigenvalue weighted by Gasteiger charge is -2.06. The standard InChI is InChI=1S/C9H10N2O3S/c10-6-4-14-8-3-7(11(12)13)1-2-9(8)15-5-6/h1-3,6H,4-5,10H2. The van der Waals surface area contributed by atoms with Crippen molar-refractivity contribution in [2.75, 3.05) is 12.4 Å². The molecule has 5 nitrogen and oxygen atoms in total. The van der Waals surface area contributed by atoms with Crippen molar-refractivity contribution in [2.45, 2.75) is 10.9 Å². The summed E-state index contributed by atoms with van der Waals surface area (Å²) in [7, 11) is 0. The molecule has 1 heterocycles. The summed E-state index contributed by atoms with van der Waals surface area (Å²) in [6, 6.07) is 4.60. The number of hydrogen-bond acceptors (Lipinski definition) is 5. The van der Waals surface area contributed by atoms with Gasteiger partial charge in [0, 0.05) is 22.8 Å². The van der Waals surface area contributed by atoms with Crippen molar-refractivity contribution in [3.05, 3.63) is 28.3 Å². The maximum atomic E-state index is 10.6. The van der Waals surface area contributed by atoms with Crippen molar-refractivity contribution < 1.29 is 9.66 Å². The van der Waals surface area contributed by atoms with Gasteiger partial charge in [0.15, 0.2) is 0 Å². The molecule has 0 radical (unpaired) electrons. The molecule has 0 saturated heterocycles. The fourth-order valence-electron chi connectivity index (χ4n) is 1.28. The molecule has 0 amide bonds. The third-order valence-corrected chi connectivity index (χ3v) is 3.29. The zero-order valence-electron chi connectivity index (χ0n) is 7.88. The van der Waals surface area contributed by atoms with Gasteiger partial charge >= 0.3 is 0 Å². The Labute approximate surface area is 90.7 Å². The minimum atomic E-state index is -0.431. The summed E-state index contributed by atoms with van der Waals surface area (Å²) < 4.78 is 5.40. The van der Waals surface area contributed by atoms with Gasteiger partial charge in [0.05, 0.1) is 11.0 Å². The molecule has 1 aliphatic heterocycles. The molecule has 0 fully saturated rings. The van der Waals surface area contributed by atoms with Gasteiger partial charge in [-0.15, -0.1) is 11.8 Å². The van der Waals surface area contributed by atoms with Gasteiger partial charge < -0.3 is 10.5 Å². The van der Waals surface area contributed by atoms with Crippen LogP contribution < -0.4 is 10.5 Å². The third kappa shape index (κ3) is 2.21. The zero-order valence-corrected chi connectivity index (χ0v) is 8.70. The minimum absolute atomic E-state index is 0.0264. The summed E-state index contributed by atoms with van der Waals surface area (Å²) >= 11 is 1.57. The lowest BCUT2D eigenvalue weighted by molar-refractivity contribution is -0.385.